The van der Waals surface area contributed by atoms with Gasteiger partial charge in [0.2, 0.25) is 5.91 Å². The topological polar surface area (TPSA) is 65.4 Å². The molecule has 2 fully saturated rings. The molecule has 1 aromatic carbocycles. The molecular weight excluding hydrogens is 357 g/mol. The minimum atomic E-state index is -0.929. The average Bonchev–Trinajstić information content (AvgIpc) is 2.57. The highest BCUT2D eigenvalue weighted by Gasteiger charge is 2.45. The highest BCUT2D eigenvalue weighted by molar-refractivity contribution is 6.31. The summed E-state index contributed by atoms with van der Waals surface area (Å²) in [6.07, 6.45) is 2.05. The number of carbonyl (C=O) groups is 1. The standard InChI is InChI=1S/C19H23ClFN3O2/c1-13-11-24(8-9-26-13)16(17-14(20)4-2-5-15(17)21)10-23-18(25)19(12-22)6-3-7-19/h2,4-5,13,16H,3,6-11H2,1H3,(H,23,25). The van der Waals surface area contributed by atoms with Gasteiger partial charge in [0.25, 0.3) is 0 Å². The Hall–Kier alpha value is -1.68. The van der Waals surface area contributed by atoms with Crippen molar-refractivity contribution >= 4 is 17.5 Å². The molecule has 1 aliphatic heterocycles. The lowest BCUT2D eigenvalue weighted by molar-refractivity contribution is -0.132. The van der Waals surface area contributed by atoms with Crippen LogP contribution in [0, 0.1) is 22.6 Å². The van der Waals surface area contributed by atoms with Gasteiger partial charge in [-0.05, 0) is 38.3 Å². The maximum absolute atomic E-state index is 14.5. The fourth-order valence-electron chi connectivity index (χ4n) is 3.65. The summed E-state index contributed by atoms with van der Waals surface area (Å²) >= 11 is 6.29. The van der Waals surface area contributed by atoms with Crippen molar-refractivity contribution in [2.75, 3.05) is 26.2 Å². The number of carbonyl (C=O) groups excluding carboxylic acids is 1. The van der Waals surface area contributed by atoms with Crippen molar-refractivity contribution in [2.45, 2.75) is 38.3 Å². The number of nitriles is 1. The molecule has 2 unspecified atom stereocenters. The van der Waals surface area contributed by atoms with E-state index in [1.54, 1.807) is 12.1 Å². The fourth-order valence-corrected chi connectivity index (χ4v) is 3.94. The summed E-state index contributed by atoms with van der Waals surface area (Å²) in [4.78, 5) is 14.6. The molecule has 1 N–H and O–H groups in total. The van der Waals surface area contributed by atoms with Gasteiger partial charge in [-0.3, -0.25) is 9.69 Å². The molecule has 1 aromatic rings. The molecule has 1 saturated heterocycles. The lowest BCUT2D eigenvalue weighted by Crippen LogP contribution is -2.50. The lowest BCUT2D eigenvalue weighted by Gasteiger charge is -2.39. The monoisotopic (exact) mass is 379 g/mol. The SMILES string of the molecule is CC1CN(C(CNC(=O)C2(C#N)CCC2)c2c(F)cccc2Cl)CCO1. The van der Waals surface area contributed by atoms with Crippen LogP contribution in [0.15, 0.2) is 18.2 Å². The number of rotatable bonds is 5. The molecule has 2 atom stereocenters. The third-order valence-electron chi connectivity index (χ3n) is 5.36. The van der Waals surface area contributed by atoms with Crippen LogP contribution in [0.3, 0.4) is 0 Å². The largest absolute Gasteiger partial charge is 0.376 e. The second kappa shape index (κ2) is 7.91. The van der Waals surface area contributed by atoms with E-state index in [1.807, 2.05) is 6.92 Å². The molecule has 1 saturated carbocycles. The molecule has 0 aromatic heterocycles. The third kappa shape index (κ3) is 3.71. The van der Waals surface area contributed by atoms with E-state index < -0.39 is 17.3 Å². The average molecular weight is 380 g/mol. The van der Waals surface area contributed by atoms with Crippen LogP contribution in [-0.4, -0.2) is 43.2 Å². The van der Waals surface area contributed by atoms with Gasteiger partial charge in [-0.15, -0.1) is 0 Å². The predicted molar refractivity (Wildman–Crippen MR) is 96.0 cm³/mol. The lowest BCUT2D eigenvalue weighted by atomic mass is 9.69. The molecule has 0 bridgehead atoms. The van der Waals surface area contributed by atoms with Gasteiger partial charge in [0, 0.05) is 30.2 Å². The van der Waals surface area contributed by atoms with Crippen LogP contribution in [0.25, 0.3) is 0 Å². The number of hydrogen-bond acceptors (Lipinski definition) is 4. The molecular formula is C19H23ClFN3O2. The first-order chi connectivity index (χ1) is 12.5. The van der Waals surface area contributed by atoms with E-state index >= 15 is 0 Å². The third-order valence-corrected chi connectivity index (χ3v) is 5.69. The predicted octanol–water partition coefficient (Wildman–Crippen LogP) is 3.05. The summed E-state index contributed by atoms with van der Waals surface area (Å²) in [6, 6.07) is 6.33. The van der Waals surface area contributed by atoms with Crippen molar-refractivity contribution in [3.05, 3.63) is 34.6 Å². The van der Waals surface area contributed by atoms with Crippen molar-refractivity contribution in [1.82, 2.24) is 10.2 Å². The minimum Gasteiger partial charge on any atom is -0.376 e. The van der Waals surface area contributed by atoms with Crippen LogP contribution in [-0.2, 0) is 9.53 Å². The Morgan fingerprint density at radius 3 is 2.92 bits per heavy atom. The Morgan fingerprint density at radius 1 is 1.58 bits per heavy atom. The molecule has 1 heterocycles. The van der Waals surface area contributed by atoms with E-state index in [2.05, 4.69) is 16.3 Å². The van der Waals surface area contributed by atoms with E-state index in [9.17, 15) is 14.4 Å². The Balaban J connectivity index is 1.81. The number of benzene rings is 1. The summed E-state index contributed by atoms with van der Waals surface area (Å²) < 4.78 is 20.1. The van der Waals surface area contributed by atoms with Gasteiger partial charge in [-0.1, -0.05) is 17.7 Å². The van der Waals surface area contributed by atoms with Crippen LogP contribution in [0.5, 0.6) is 0 Å². The second-order valence-corrected chi connectivity index (χ2v) is 7.49. The molecule has 7 heteroatoms. The van der Waals surface area contributed by atoms with E-state index in [0.717, 1.165) is 6.42 Å². The minimum absolute atomic E-state index is 0.0181. The van der Waals surface area contributed by atoms with Gasteiger partial charge in [-0.2, -0.15) is 5.26 Å². The first-order valence-electron chi connectivity index (χ1n) is 8.96. The van der Waals surface area contributed by atoms with Crippen molar-refractivity contribution in [1.29, 1.82) is 5.26 Å². The maximum atomic E-state index is 14.5. The number of nitrogens with zero attached hydrogens (tertiary/aromatic N) is 2. The number of nitrogens with one attached hydrogen (secondary N) is 1. The number of amides is 1. The van der Waals surface area contributed by atoms with Gasteiger partial charge in [-0.25, -0.2) is 4.39 Å². The van der Waals surface area contributed by atoms with Gasteiger partial charge in [0.15, 0.2) is 0 Å². The van der Waals surface area contributed by atoms with Crippen LogP contribution < -0.4 is 5.32 Å². The van der Waals surface area contributed by atoms with Crippen LogP contribution >= 0.6 is 11.6 Å². The quantitative estimate of drug-likeness (QED) is 0.853. The molecule has 2 aliphatic rings. The summed E-state index contributed by atoms with van der Waals surface area (Å²) in [5, 5.41) is 12.5. The first-order valence-corrected chi connectivity index (χ1v) is 9.34. The summed E-state index contributed by atoms with van der Waals surface area (Å²) in [7, 11) is 0. The smallest absolute Gasteiger partial charge is 0.240 e. The van der Waals surface area contributed by atoms with Crippen LogP contribution in [0.2, 0.25) is 5.02 Å². The van der Waals surface area contributed by atoms with Gasteiger partial charge in [0.1, 0.15) is 11.2 Å². The zero-order chi connectivity index (χ0) is 18.7. The van der Waals surface area contributed by atoms with Gasteiger partial charge < -0.3 is 10.1 Å². The van der Waals surface area contributed by atoms with Crippen molar-refractivity contribution < 1.29 is 13.9 Å². The Labute approximate surface area is 158 Å². The first kappa shape index (κ1) is 19.1. The van der Waals surface area contributed by atoms with E-state index in [-0.39, 0.29) is 18.6 Å². The van der Waals surface area contributed by atoms with Crippen LogP contribution in [0.4, 0.5) is 4.39 Å². The molecule has 26 heavy (non-hydrogen) atoms. The summed E-state index contributed by atoms with van der Waals surface area (Å²) in [5.74, 6) is -0.667. The normalized spacial score (nSPS) is 23.5. The fraction of sp³-hybridized carbons (Fsp3) is 0.579. The zero-order valence-corrected chi connectivity index (χ0v) is 15.6. The molecule has 5 nitrogen and oxygen atoms in total. The van der Waals surface area contributed by atoms with E-state index in [4.69, 9.17) is 16.3 Å². The number of hydrogen-bond donors (Lipinski definition) is 1. The van der Waals surface area contributed by atoms with Crippen molar-refractivity contribution in [3.8, 4) is 6.07 Å². The van der Waals surface area contributed by atoms with Crippen LogP contribution in [0.1, 0.15) is 37.8 Å². The second-order valence-electron chi connectivity index (χ2n) is 7.08. The van der Waals surface area contributed by atoms with E-state index in [1.165, 1.54) is 6.07 Å². The molecule has 3 rings (SSSR count). The highest BCUT2D eigenvalue weighted by atomic mass is 35.5. The summed E-state index contributed by atoms with van der Waals surface area (Å²) in [6.45, 7) is 3.95. The van der Waals surface area contributed by atoms with Gasteiger partial charge in [0.05, 0.1) is 24.8 Å². The Morgan fingerprint density at radius 2 is 2.35 bits per heavy atom. The molecule has 0 spiro atoms. The van der Waals surface area contributed by atoms with Gasteiger partial charge >= 0.3 is 0 Å². The van der Waals surface area contributed by atoms with Crippen molar-refractivity contribution in [2.24, 2.45) is 5.41 Å². The number of halogens is 2. The molecule has 0 radical (unpaired) electrons. The number of morpholine rings is 1. The van der Waals surface area contributed by atoms with E-state index in [0.29, 0.717) is 43.1 Å². The Bertz CT molecular complexity index is 697. The summed E-state index contributed by atoms with van der Waals surface area (Å²) in [5.41, 5.74) is -0.551. The molecule has 1 aliphatic carbocycles. The zero-order valence-electron chi connectivity index (χ0n) is 14.8. The highest BCUT2D eigenvalue weighted by Crippen LogP contribution is 2.40. The van der Waals surface area contributed by atoms with Crippen molar-refractivity contribution in [3.63, 3.8) is 0 Å². The molecule has 1 amide bonds. The number of ether oxygens (including phenoxy) is 1. The maximum Gasteiger partial charge on any atom is 0.240 e. The Kier molecular flexibility index (Phi) is 5.81. The molecule has 140 valence electrons.